The number of unbranched alkanes of at least 4 members (excludes halogenated alkanes) is 18. The zero-order valence-corrected chi connectivity index (χ0v) is 30.2. The van der Waals surface area contributed by atoms with Gasteiger partial charge in [0, 0.05) is 0 Å². The minimum Gasteiger partial charge on any atom is -0.462 e. The molecule has 2 aromatic rings. The van der Waals surface area contributed by atoms with Gasteiger partial charge in [-0.25, -0.2) is 9.59 Å². The van der Waals surface area contributed by atoms with Crippen LogP contribution in [0.5, 0.6) is 0 Å². The maximum absolute atomic E-state index is 13.1. The Hall–Kier alpha value is -3.64. The van der Waals surface area contributed by atoms with Crippen LogP contribution in [0.3, 0.4) is 0 Å². The van der Waals surface area contributed by atoms with Gasteiger partial charge in [0.25, 0.3) is 0 Å². The van der Waals surface area contributed by atoms with Crippen LogP contribution < -0.4 is 0 Å². The predicted molar refractivity (Wildman–Crippen MR) is 194 cm³/mol. The van der Waals surface area contributed by atoms with Crippen LogP contribution in [0.1, 0.15) is 191 Å². The van der Waals surface area contributed by atoms with E-state index in [-0.39, 0.29) is 0 Å². The highest BCUT2D eigenvalue weighted by atomic mass is 16.5. The molecule has 262 valence electrons. The number of esters is 2. The highest BCUT2D eigenvalue weighted by Gasteiger charge is 2.17. The van der Waals surface area contributed by atoms with E-state index in [1.165, 1.54) is 89.9 Å². The van der Waals surface area contributed by atoms with Gasteiger partial charge >= 0.3 is 11.9 Å². The van der Waals surface area contributed by atoms with Crippen LogP contribution >= 0.6 is 0 Å². The molecule has 2 aromatic carbocycles. The van der Waals surface area contributed by atoms with Crippen molar-refractivity contribution in [1.82, 2.24) is 0 Å². The number of hydrogen-bond donors (Lipinski definition) is 0. The zero-order chi connectivity index (χ0) is 34.8. The largest absolute Gasteiger partial charge is 0.462 e. The monoisotopic (exact) mass is 656 g/mol. The number of benzene rings is 2. The summed E-state index contributed by atoms with van der Waals surface area (Å²) in [7, 11) is 0. The average Bonchev–Trinajstić information content (AvgIpc) is 3.09. The molecule has 0 radical (unpaired) electrons. The molecule has 6 nitrogen and oxygen atoms in total. The van der Waals surface area contributed by atoms with Crippen LogP contribution in [0, 0.1) is 29.6 Å². The molecule has 0 N–H and O–H groups in total. The lowest BCUT2D eigenvalue weighted by Crippen LogP contribution is -2.12. The van der Waals surface area contributed by atoms with E-state index in [1.807, 2.05) is 6.92 Å². The Morgan fingerprint density at radius 1 is 0.542 bits per heavy atom. The Kier molecular flexibility index (Phi) is 21.4. The van der Waals surface area contributed by atoms with Gasteiger partial charge in [0.05, 0.1) is 35.5 Å². The number of nitriles is 2. The predicted octanol–water partition coefficient (Wildman–Crippen LogP) is 11.5. The van der Waals surface area contributed by atoms with Gasteiger partial charge in [-0.3, -0.25) is 0 Å². The van der Waals surface area contributed by atoms with Gasteiger partial charge in [0.15, 0.2) is 0 Å². The third-order valence-electron chi connectivity index (χ3n) is 9.04. The summed E-state index contributed by atoms with van der Waals surface area (Å²) in [5, 5.41) is 19.0. The lowest BCUT2D eigenvalue weighted by molar-refractivity contribution is 0.0496. The molecule has 0 aliphatic rings. The van der Waals surface area contributed by atoms with Crippen LogP contribution in [-0.2, 0) is 15.9 Å². The van der Waals surface area contributed by atoms with E-state index in [0.29, 0.717) is 41.9 Å². The van der Waals surface area contributed by atoms with Gasteiger partial charge in [-0.05, 0) is 73.2 Å². The van der Waals surface area contributed by atoms with Crippen LogP contribution in [-0.4, -0.2) is 25.2 Å². The second-order valence-electron chi connectivity index (χ2n) is 13.3. The quantitative estimate of drug-likeness (QED) is 0.0737. The first-order chi connectivity index (χ1) is 23.4. The molecule has 0 aromatic heterocycles. The summed E-state index contributed by atoms with van der Waals surface area (Å²) >= 11 is 0. The fourth-order valence-corrected chi connectivity index (χ4v) is 6.05. The third-order valence-corrected chi connectivity index (χ3v) is 9.04. The van der Waals surface area contributed by atoms with E-state index in [1.54, 1.807) is 30.3 Å². The van der Waals surface area contributed by atoms with Crippen molar-refractivity contribution in [1.29, 1.82) is 10.5 Å². The van der Waals surface area contributed by atoms with E-state index in [4.69, 9.17) is 9.47 Å². The van der Waals surface area contributed by atoms with Gasteiger partial charge < -0.3 is 9.47 Å². The van der Waals surface area contributed by atoms with Gasteiger partial charge in [-0.2, -0.15) is 10.5 Å². The second kappa shape index (κ2) is 25.4. The first-order valence-electron chi connectivity index (χ1n) is 18.8. The molecule has 0 aliphatic heterocycles. The molecule has 0 heterocycles. The zero-order valence-electron chi connectivity index (χ0n) is 30.2. The van der Waals surface area contributed by atoms with E-state index in [0.717, 1.165) is 55.2 Å². The fraction of sp³-hybridized carbons (Fsp3) is 0.619. The van der Waals surface area contributed by atoms with Crippen molar-refractivity contribution in [2.24, 2.45) is 0 Å². The van der Waals surface area contributed by atoms with Crippen molar-refractivity contribution in [3.8, 4) is 12.1 Å². The molecule has 0 fully saturated rings. The number of carbonyl (C=O) groups excluding carboxylic acids is 2. The van der Waals surface area contributed by atoms with Gasteiger partial charge in [-0.1, -0.05) is 129 Å². The highest BCUT2D eigenvalue weighted by Crippen LogP contribution is 2.22. The SMILES string of the molecule is CCCCCCCCCCCCOC(=O)c1cc(Cc2cc(C#N)c(C#N)cc2C)cc(C(=O)OCCCCCCCCCCCC)c1. The van der Waals surface area contributed by atoms with Gasteiger partial charge in [0.2, 0.25) is 0 Å². The van der Waals surface area contributed by atoms with E-state index in [2.05, 4.69) is 26.0 Å². The Morgan fingerprint density at radius 3 is 1.31 bits per heavy atom. The summed E-state index contributed by atoms with van der Waals surface area (Å²) in [5.41, 5.74) is 3.73. The number of ether oxygens (including phenoxy) is 2. The summed E-state index contributed by atoms with van der Waals surface area (Å²) in [6, 6.07) is 12.7. The molecule has 0 spiro atoms. The topological polar surface area (TPSA) is 100 Å². The van der Waals surface area contributed by atoms with Crippen molar-refractivity contribution in [3.63, 3.8) is 0 Å². The summed E-state index contributed by atoms with van der Waals surface area (Å²) < 4.78 is 11.3. The van der Waals surface area contributed by atoms with Gasteiger partial charge in [0.1, 0.15) is 12.1 Å². The van der Waals surface area contributed by atoms with E-state index in [9.17, 15) is 20.1 Å². The summed E-state index contributed by atoms with van der Waals surface area (Å²) in [5.74, 6) is -0.906. The molecular formula is C42H60N2O4. The molecule has 0 aliphatic carbocycles. The Balaban J connectivity index is 1.97. The van der Waals surface area contributed by atoms with E-state index >= 15 is 0 Å². The molecule has 0 amide bonds. The maximum Gasteiger partial charge on any atom is 0.338 e. The number of aryl methyl sites for hydroxylation is 1. The number of carbonyl (C=O) groups is 2. The number of rotatable bonds is 26. The number of hydrogen-bond acceptors (Lipinski definition) is 6. The normalized spacial score (nSPS) is 10.8. The Morgan fingerprint density at radius 2 is 0.917 bits per heavy atom. The smallest absolute Gasteiger partial charge is 0.338 e. The minimum atomic E-state index is -0.453. The van der Waals surface area contributed by atoms with Crippen molar-refractivity contribution in [2.75, 3.05) is 13.2 Å². The standard InChI is InChI=1S/C42H60N2O4/c1-4-6-8-10-12-14-16-18-20-22-24-47-41(45)37-28-35(27-36-30-40(33-44)39(32-43)26-34(36)3)29-38(31-37)42(46)48-25-23-21-19-17-15-13-11-9-7-5-2/h26,28-31H,4-25,27H2,1-3H3. The highest BCUT2D eigenvalue weighted by molar-refractivity contribution is 5.95. The van der Waals surface area contributed by atoms with Crippen molar-refractivity contribution in [2.45, 2.75) is 156 Å². The number of nitrogens with zero attached hydrogens (tertiary/aromatic N) is 2. The van der Waals surface area contributed by atoms with Gasteiger partial charge in [-0.15, -0.1) is 0 Å². The molecule has 0 saturated heterocycles. The lowest BCUT2D eigenvalue weighted by atomic mass is 9.94. The second-order valence-corrected chi connectivity index (χ2v) is 13.3. The minimum absolute atomic E-state index is 0.307. The van der Waals surface area contributed by atoms with Crippen LogP contribution in [0.15, 0.2) is 30.3 Å². The van der Waals surface area contributed by atoms with Crippen LogP contribution in [0.25, 0.3) is 0 Å². The van der Waals surface area contributed by atoms with Crippen LogP contribution in [0.2, 0.25) is 0 Å². The molecular weight excluding hydrogens is 596 g/mol. The Labute approximate surface area is 291 Å². The summed E-state index contributed by atoms with van der Waals surface area (Å²) in [6.07, 6.45) is 24.4. The molecule has 48 heavy (non-hydrogen) atoms. The first-order valence-corrected chi connectivity index (χ1v) is 18.8. The summed E-state index contributed by atoms with van der Waals surface area (Å²) in [6.45, 7) is 7.06. The fourth-order valence-electron chi connectivity index (χ4n) is 6.05. The molecule has 0 bridgehead atoms. The molecule has 2 rings (SSSR count). The molecule has 0 unspecified atom stereocenters. The lowest BCUT2D eigenvalue weighted by Gasteiger charge is -2.12. The van der Waals surface area contributed by atoms with Crippen molar-refractivity contribution in [3.05, 3.63) is 69.3 Å². The molecule has 6 heteroatoms. The molecule has 0 saturated carbocycles. The first kappa shape index (κ1) is 40.5. The van der Waals surface area contributed by atoms with Crippen molar-refractivity contribution >= 4 is 11.9 Å². The van der Waals surface area contributed by atoms with Crippen molar-refractivity contribution < 1.29 is 19.1 Å². The van der Waals surface area contributed by atoms with E-state index < -0.39 is 11.9 Å². The molecule has 0 atom stereocenters. The van der Waals surface area contributed by atoms with Crippen LogP contribution in [0.4, 0.5) is 0 Å². The average molecular weight is 657 g/mol. The maximum atomic E-state index is 13.1. The Bertz CT molecular complexity index is 1260. The summed E-state index contributed by atoms with van der Waals surface area (Å²) in [4.78, 5) is 26.3. The third kappa shape index (κ3) is 16.5.